The summed E-state index contributed by atoms with van der Waals surface area (Å²) in [4.78, 5) is 23.6. The van der Waals surface area contributed by atoms with Crippen molar-refractivity contribution in [2.24, 2.45) is 5.92 Å². The third-order valence-corrected chi connectivity index (χ3v) is 3.40. The summed E-state index contributed by atoms with van der Waals surface area (Å²) < 4.78 is 6.89. The summed E-state index contributed by atoms with van der Waals surface area (Å²) in [5.74, 6) is -0.253. The number of nitrogens with one attached hydrogen (secondary N) is 1. The van der Waals surface area contributed by atoms with Crippen LogP contribution in [0.25, 0.3) is 0 Å². The summed E-state index contributed by atoms with van der Waals surface area (Å²) in [7, 11) is 0. The number of carbonyl (C=O) groups is 2. The molecule has 1 heterocycles. The van der Waals surface area contributed by atoms with Crippen molar-refractivity contribution in [1.82, 2.24) is 9.88 Å². The second-order valence-electron chi connectivity index (χ2n) is 5.91. The van der Waals surface area contributed by atoms with Gasteiger partial charge in [0, 0.05) is 18.8 Å². The normalized spacial score (nSPS) is 14.2. The number of hydrogen-bond acceptors (Lipinski definition) is 4. The molecular formula is C15H23N3O3. The van der Waals surface area contributed by atoms with Gasteiger partial charge in [-0.3, -0.25) is 4.79 Å². The zero-order valence-corrected chi connectivity index (χ0v) is 12.6. The highest BCUT2D eigenvalue weighted by molar-refractivity contribution is 5.91. The molecule has 0 spiro atoms. The maximum atomic E-state index is 12.0. The fourth-order valence-corrected chi connectivity index (χ4v) is 2.08. The molecule has 6 nitrogen and oxygen atoms in total. The van der Waals surface area contributed by atoms with Gasteiger partial charge in [-0.15, -0.1) is 0 Å². The number of nitrogen functional groups attached to an aromatic ring is 1. The fraction of sp³-hybridized carbons (Fsp3) is 0.600. The molecular weight excluding hydrogens is 270 g/mol. The Hall–Kier alpha value is -1.98. The standard InChI is InChI=1S/C15H23N3O3/c1-10(2)5-6-17-14(19)9-21-15(20)13-7-11(16)8-18(13)12-3-4-12/h7-8,10,12H,3-6,9,16H2,1-2H3,(H,17,19). The molecule has 1 saturated carbocycles. The van der Waals surface area contributed by atoms with Crippen LogP contribution in [-0.2, 0) is 9.53 Å². The molecule has 1 fully saturated rings. The van der Waals surface area contributed by atoms with Crippen molar-refractivity contribution in [2.45, 2.75) is 39.2 Å². The number of anilines is 1. The molecule has 0 radical (unpaired) electrons. The smallest absolute Gasteiger partial charge is 0.355 e. The lowest BCUT2D eigenvalue weighted by atomic mass is 10.1. The molecule has 6 heteroatoms. The van der Waals surface area contributed by atoms with E-state index in [1.54, 1.807) is 12.3 Å². The Morgan fingerprint density at radius 2 is 2.19 bits per heavy atom. The van der Waals surface area contributed by atoms with Gasteiger partial charge in [-0.05, 0) is 31.2 Å². The van der Waals surface area contributed by atoms with Gasteiger partial charge in [0.25, 0.3) is 5.91 Å². The molecule has 21 heavy (non-hydrogen) atoms. The third kappa shape index (κ3) is 4.51. The Balaban J connectivity index is 1.80. The van der Waals surface area contributed by atoms with Crippen LogP contribution < -0.4 is 11.1 Å². The molecule has 1 aromatic rings. The van der Waals surface area contributed by atoms with Crippen LogP contribution in [0.3, 0.4) is 0 Å². The van der Waals surface area contributed by atoms with E-state index in [0.29, 0.717) is 29.9 Å². The lowest BCUT2D eigenvalue weighted by Gasteiger charge is -2.09. The number of amides is 1. The summed E-state index contributed by atoms with van der Waals surface area (Å²) in [6.07, 6.45) is 4.74. The number of nitrogens with zero attached hydrogens (tertiary/aromatic N) is 1. The van der Waals surface area contributed by atoms with Crippen molar-refractivity contribution < 1.29 is 14.3 Å². The average molecular weight is 293 g/mol. The van der Waals surface area contributed by atoms with E-state index in [-0.39, 0.29) is 12.5 Å². The summed E-state index contributed by atoms with van der Waals surface area (Å²) in [5, 5.41) is 2.73. The predicted molar refractivity (Wildman–Crippen MR) is 79.9 cm³/mol. The van der Waals surface area contributed by atoms with Crippen LogP contribution in [-0.4, -0.2) is 29.6 Å². The van der Waals surface area contributed by atoms with Crippen LogP contribution in [0.2, 0.25) is 0 Å². The van der Waals surface area contributed by atoms with Crippen molar-refractivity contribution in [3.8, 4) is 0 Å². The minimum absolute atomic E-state index is 0.257. The van der Waals surface area contributed by atoms with Crippen molar-refractivity contribution in [3.63, 3.8) is 0 Å². The summed E-state index contributed by atoms with van der Waals surface area (Å²) >= 11 is 0. The van der Waals surface area contributed by atoms with Crippen LogP contribution in [0.4, 0.5) is 5.69 Å². The van der Waals surface area contributed by atoms with Crippen molar-refractivity contribution >= 4 is 17.6 Å². The van der Waals surface area contributed by atoms with E-state index in [1.165, 1.54) is 0 Å². The number of rotatable bonds is 7. The molecule has 2 rings (SSSR count). The van der Waals surface area contributed by atoms with Gasteiger partial charge in [-0.1, -0.05) is 13.8 Å². The van der Waals surface area contributed by atoms with Gasteiger partial charge in [0.2, 0.25) is 0 Å². The molecule has 116 valence electrons. The van der Waals surface area contributed by atoms with E-state index < -0.39 is 5.97 Å². The molecule has 0 aliphatic heterocycles. The largest absolute Gasteiger partial charge is 0.451 e. The lowest BCUT2D eigenvalue weighted by Crippen LogP contribution is -2.30. The van der Waals surface area contributed by atoms with Crippen molar-refractivity contribution in [2.75, 3.05) is 18.9 Å². The second kappa shape index (κ2) is 6.65. The topological polar surface area (TPSA) is 86.3 Å². The summed E-state index contributed by atoms with van der Waals surface area (Å²) in [6, 6.07) is 1.93. The zero-order chi connectivity index (χ0) is 15.4. The number of esters is 1. The van der Waals surface area contributed by atoms with Crippen molar-refractivity contribution in [1.29, 1.82) is 0 Å². The number of carbonyl (C=O) groups excluding carboxylic acids is 2. The molecule has 0 saturated heterocycles. The quantitative estimate of drug-likeness (QED) is 0.749. The van der Waals surface area contributed by atoms with Crippen LogP contribution in [0.15, 0.2) is 12.3 Å². The molecule has 3 N–H and O–H groups in total. The van der Waals surface area contributed by atoms with Gasteiger partial charge < -0.3 is 20.4 Å². The highest BCUT2D eigenvalue weighted by Crippen LogP contribution is 2.37. The first-order valence-corrected chi connectivity index (χ1v) is 7.38. The first-order valence-electron chi connectivity index (χ1n) is 7.38. The van der Waals surface area contributed by atoms with Crippen LogP contribution in [0, 0.1) is 5.92 Å². The second-order valence-corrected chi connectivity index (χ2v) is 5.91. The summed E-state index contributed by atoms with van der Waals surface area (Å²) in [6.45, 7) is 4.51. The molecule has 0 atom stereocenters. The van der Waals surface area contributed by atoms with E-state index in [9.17, 15) is 9.59 Å². The number of aromatic nitrogens is 1. The van der Waals surface area contributed by atoms with Gasteiger partial charge in [-0.25, -0.2) is 4.79 Å². The number of nitrogens with two attached hydrogens (primary N) is 1. The minimum atomic E-state index is -0.502. The number of ether oxygens (including phenoxy) is 1. The minimum Gasteiger partial charge on any atom is -0.451 e. The zero-order valence-electron chi connectivity index (χ0n) is 12.6. The van der Waals surface area contributed by atoms with E-state index in [4.69, 9.17) is 10.5 Å². The first kappa shape index (κ1) is 15.4. The van der Waals surface area contributed by atoms with Gasteiger partial charge in [0.1, 0.15) is 5.69 Å². The average Bonchev–Trinajstić information content (AvgIpc) is 3.18. The Morgan fingerprint density at radius 3 is 2.81 bits per heavy atom. The Labute approximate surface area is 124 Å². The Kier molecular flexibility index (Phi) is 4.88. The SMILES string of the molecule is CC(C)CCNC(=O)COC(=O)c1cc(N)cn1C1CC1. The van der Waals surface area contributed by atoms with E-state index in [2.05, 4.69) is 19.2 Å². The van der Waals surface area contributed by atoms with Gasteiger partial charge in [-0.2, -0.15) is 0 Å². The molecule has 0 bridgehead atoms. The first-order chi connectivity index (χ1) is 9.97. The molecule has 1 amide bonds. The monoisotopic (exact) mass is 293 g/mol. The van der Waals surface area contributed by atoms with E-state index in [0.717, 1.165) is 19.3 Å². The molecule has 1 aromatic heterocycles. The maximum absolute atomic E-state index is 12.0. The fourth-order valence-electron chi connectivity index (χ4n) is 2.08. The molecule has 0 aromatic carbocycles. The highest BCUT2D eigenvalue weighted by atomic mass is 16.5. The predicted octanol–water partition coefficient (Wildman–Crippen LogP) is 1.72. The van der Waals surface area contributed by atoms with Gasteiger partial charge in [0.15, 0.2) is 6.61 Å². The van der Waals surface area contributed by atoms with Crippen LogP contribution in [0.1, 0.15) is 49.6 Å². The summed E-state index contributed by atoms with van der Waals surface area (Å²) in [5.41, 5.74) is 6.68. The lowest BCUT2D eigenvalue weighted by molar-refractivity contribution is -0.124. The Morgan fingerprint density at radius 1 is 1.48 bits per heavy atom. The van der Waals surface area contributed by atoms with Gasteiger partial charge >= 0.3 is 5.97 Å². The molecule has 1 aliphatic carbocycles. The number of hydrogen-bond donors (Lipinski definition) is 2. The molecule has 1 aliphatic rings. The van der Waals surface area contributed by atoms with Crippen molar-refractivity contribution in [3.05, 3.63) is 18.0 Å². The van der Waals surface area contributed by atoms with Crippen LogP contribution >= 0.6 is 0 Å². The Bertz CT molecular complexity index is 518. The third-order valence-electron chi connectivity index (χ3n) is 3.40. The van der Waals surface area contributed by atoms with Crippen LogP contribution in [0.5, 0.6) is 0 Å². The van der Waals surface area contributed by atoms with E-state index >= 15 is 0 Å². The van der Waals surface area contributed by atoms with Gasteiger partial charge in [0.05, 0.1) is 5.69 Å². The molecule has 0 unspecified atom stereocenters. The maximum Gasteiger partial charge on any atom is 0.355 e. The highest BCUT2D eigenvalue weighted by Gasteiger charge is 2.28. The van der Waals surface area contributed by atoms with E-state index in [1.807, 2.05) is 4.57 Å².